The van der Waals surface area contributed by atoms with E-state index in [2.05, 4.69) is 17.5 Å². The van der Waals surface area contributed by atoms with Crippen LogP contribution in [-0.4, -0.2) is 60.0 Å². The van der Waals surface area contributed by atoms with Crippen LogP contribution < -0.4 is 10.1 Å². The fourth-order valence-electron chi connectivity index (χ4n) is 5.36. The minimum absolute atomic E-state index is 0.0180. The molecule has 4 rings (SSSR count). The molecule has 0 radical (unpaired) electrons. The number of amides is 2. The molecule has 7 nitrogen and oxygen atoms in total. The number of benzene rings is 1. The fraction of sp³-hybridized carbons (Fsp3) is 0.571. The molecule has 3 aliphatic rings. The third kappa shape index (κ3) is 6.52. The number of thioether (sulfide) groups is 1. The van der Waals surface area contributed by atoms with E-state index in [1.165, 1.54) is 11.8 Å². The van der Waals surface area contributed by atoms with Crippen molar-refractivity contribution in [2.24, 2.45) is 0 Å². The van der Waals surface area contributed by atoms with E-state index in [9.17, 15) is 9.59 Å². The van der Waals surface area contributed by atoms with Crippen LogP contribution in [0.15, 0.2) is 48.1 Å². The third-order valence-corrected chi connectivity index (χ3v) is 8.24. The van der Waals surface area contributed by atoms with E-state index in [1.54, 1.807) is 20.3 Å². The number of rotatable bonds is 5. The summed E-state index contributed by atoms with van der Waals surface area (Å²) >= 11 is 1.30. The van der Waals surface area contributed by atoms with Crippen molar-refractivity contribution in [2.45, 2.75) is 82.4 Å². The van der Waals surface area contributed by atoms with Gasteiger partial charge in [-0.1, -0.05) is 41.6 Å². The lowest BCUT2D eigenvalue weighted by Crippen LogP contribution is -2.62. The van der Waals surface area contributed by atoms with Crippen molar-refractivity contribution < 1.29 is 23.8 Å². The largest absolute Gasteiger partial charge is 0.497 e. The molecule has 2 unspecified atom stereocenters. The molecule has 36 heavy (non-hydrogen) atoms. The number of nitrogens with zero attached hydrogens (tertiary/aromatic N) is 1. The SMILES string of the molecule is COc1ccc(CN2C(=O)SC[C@H]2[C@@]2(OC)CC3CC(CCC/C=C\CC/C(C)=C\C(=O)N3)O2)cc1. The molecule has 0 saturated carbocycles. The Kier molecular flexibility index (Phi) is 9.14. The Morgan fingerprint density at radius 3 is 2.69 bits per heavy atom. The van der Waals surface area contributed by atoms with Crippen LogP contribution in [0.3, 0.4) is 0 Å². The van der Waals surface area contributed by atoms with Gasteiger partial charge in [0.25, 0.3) is 5.24 Å². The molecule has 0 spiro atoms. The van der Waals surface area contributed by atoms with Crippen LogP contribution in [-0.2, 0) is 20.8 Å². The molecule has 2 fully saturated rings. The molecule has 3 heterocycles. The van der Waals surface area contributed by atoms with Crippen molar-refractivity contribution in [1.82, 2.24) is 10.2 Å². The molecule has 2 saturated heterocycles. The van der Waals surface area contributed by atoms with E-state index in [0.29, 0.717) is 18.7 Å². The molecular weight excluding hydrogens is 476 g/mol. The highest BCUT2D eigenvalue weighted by Crippen LogP contribution is 2.42. The second-order valence-electron chi connectivity index (χ2n) is 9.90. The van der Waals surface area contributed by atoms with E-state index in [4.69, 9.17) is 14.2 Å². The lowest BCUT2D eigenvalue weighted by molar-refractivity contribution is -0.294. The second-order valence-corrected chi connectivity index (χ2v) is 10.9. The molecule has 0 aliphatic carbocycles. The quantitative estimate of drug-likeness (QED) is 0.544. The van der Waals surface area contributed by atoms with Gasteiger partial charge in [0.05, 0.1) is 19.3 Å². The first kappa shape index (κ1) is 26.8. The summed E-state index contributed by atoms with van der Waals surface area (Å²) in [5.74, 6) is 0.300. The molecule has 196 valence electrons. The maximum Gasteiger partial charge on any atom is 0.282 e. The summed E-state index contributed by atoms with van der Waals surface area (Å²) < 4.78 is 18.1. The Morgan fingerprint density at radius 1 is 1.17 bits per heavy atom. The van der Waals surface area contributed by atoms with E-state index < -0.39 is 5.79 Å². The van der Waals surface area contributed by atoms with Crippen molar-refractivity contribution in [3.8, 4) is 5.75 Å². The number of allylic oxidation sites excluding steroid dienone is 3. The van der Waals surface area contributed by atoms with Gasteiger partial charge in [-0.25, -0.2) is 0 Å². The summed E-state index contributed by atoms with van der Waals surface area (Å²) in [5, 5.41) is 3.23. The van der Waals surface area contributed by atoms with Gasteiger partial charge in [-0.05, 0) is 63.1 Å². The predicted octanol–water partition coefficient (Wildman–Crippen LogP) is 5.21. The highest BCUT2D eigenvalue weighted by Gasteiger charge is 2.53. The Labute approximate surface area is 218 Å². The molecule has 1 aromatic rings. The summed E-state index contributed by atoms with van der Waals surface area (Å²) in [4.78, 5) is 27.7. The zero-order valence-electron chi connectivity index (χ0n) is 21.5. The molecule has 1 aromatic carbocycles. The Hall–Kier alpha value is -2.29. The van der Waals surface area contributed by atoms with Crippen LogP contribution in [0.25, 0.3) is 0 Å². The van der Waals surface area contributed by atoms with Gasteiger partial charge in [0.2, 0.25) is 5.91 Å². The maximum atomic E-state index is 13.0. The smallest absolute Gasteiger partial charge is 0.282 e. The van der Waals surface area contributed by atoms with Gasteiger partial charge in [0, 0.05) is 37.9 Å². The van der Waals surface area contributed by atoms with Crippen LogP contribution in [0.5, 0.6) is 5.75 Å². The molecule has 2 amide bonds. The Bertz CT molecular complexity index is 979. The van der Waals surface area contributed by atoms with E-state index in [0.717, 1.165) is 55.4 Å². The Balaban J connectivity index is 1.58. The minimum atomic E-state index is -0.988. The molecule has 4 atom stereocenters. The first-order valence-electron chi connectivity index (χ1n) is 12.8. The number of carbonyl (C=O) groups is 2. The van der Waals surface area contributed by atoms with Crippen LogP contribution in [0.4, 0.5) is 4.79 Å². The normalized spacial score (nSPS) is 32.2. The van der Waals surface area contributed by atoms with E-state index in [-0.39, 0.29) is 29.3 Å². The number of hydrogen-bond donors (Lipinski definition) is 1. The topological polar surface area (TPSA) is 77.1 Å². The minimum Gasteiger partial charge on any atom is -0.497 e. The molecule has 8 heteroatoms. The van der Waals surface area contributed by atoms with E-state index >= 15 is 0 Å². The van der Waals surface area contributed by atoms with Crippen LogP contribution in [0.2, 0.25) is 0 Å². The first-order chi connectivity index (χ1) is 17.4. The summed E-state index contributed by atoms with van der Waals surface area (Å²) in [6.07, 6.45) is 12.0. The summed E-state index contributed by atoms with van der Waals surface area (Å²) in [7, 11) is 3.30. The molecule has 0 aromatic heterocycles. The number of hydrogen-bond acceptors (Lipinski definition) is 6. The molecule has 2 bridgehead atoms. The van der Waals surface area contributed by atoms with Crippen LogP contribution >= 0.6 is 11.8 Å². The third-order valence-electron chi connectivity index (χ3n) is 7.28. The van der Waals surface area contributed by atoms with Crippen molar-refractivity contribution in [3.05, 3.63) is 53.6 Å². The Morgan fingerprint density at radius 2 is 1.94 bits per heavy atom. The van der Waals surface area contributed by atoms with Crippen LogP contribution in [0.1, 0.15) is 57.4 Å². The number of fused-ring (bicyclic) bond motifs is 2. The number of ether oxygens (including phenoxy) is 3. The highest BCUT2D eigenvalue weighted by molar-refractivity contribution is 8.13. The van der Waals surface area contributed by atoms with Gasteiger partial charge >= 0.3 is 0 Å². The molecular formula is C28H38N2O5S. The van der Waals surface area contributed by atoms with Crippen LogP contribution in [0, 0.1) is 0 Å². The van der Waals surface area contributed by atoms with Crippen molar-refractivity contribution in [3.63, 3.8) is 0 Å². The number of nitrogens with one attached hydrogen (secondary N) is 1. The van der Waals surface area contributed by atoms with E-state index in [1.807, 2.05) is 36.1 Å². The standard InChI is InChI=1S/C28H38N2O5S/c1-20-9-7-5-4-6-8-10-24-16-22(29-26(31)15-20)17-28(34-3,35-24)25-19-36-27(32)30(25)18-21-11-13-23(33-2)14-12-21/h4-5,11-15,22,24-25H,6-10,16-19H2,1-3H3,(H,29,31)/b5-4-,20-15-/t22?,24?,25-,28+/m0/s1. The van der Waals surface area contributed by atoms with Gasteiger partial charge in [-0.15, -0.1) is 0 Å². The number of carbonyl (C=O) groups excluding carboxylic acids is 2. The zero-order chi connectivity index (χ0) is 25.5. The lowest BCUT2D eigenvalue weighted by Gasteiger charge is -2.48. The van der Waals surface area contributed by atoms with Crippen molar-refractivity contribution in [2.75, 3.05) is 20.0 Å². The van der Waals surface area contributed by atoms with Gasteiger partial charge < -0.3 is 24.4 Å². The van der Waals surface area contributed by atoms with Gasteiger partial charge in [0.15, 0.2) is 5.79 Å². The average Bonchev–Trinajstić information content (AvgIpc) is 3.23. The van der Waals surface area contributed by atoms with Gasteiger partial charge in [-0.3, -0.25) is 9.59 Å². The lowest BCUT2D eigenvalue weighted by atomic mass is 9.89. The zero-order valence-corrected chi connectivity index (χ0v) is 22.4. The predicted molar refractivity (Wildman–Crippen MR) is 142 cm³/mol. The fourth-order valence-corrected chi connectivity index (χ4v) is 6.45. The highest BCUT2D eigenvalue weighted by atomic mass is 32.2. The van der Waals surface area contributed by atoms with Gasteiger partial charge in [0.1, 0.15) is 5.75 Å². The van der Waals surface area contributed by atoms with Gasteiger partial charge in [-0.2, -0.15) is 0 Å². The maximum absolute atomic E-state index is 13.0. The molecule has 3 aliphatic heterocycles. The number of methoxy groups -OCH3 is 2. The average molecular weight is 515 g/mol. The molecule has 1 N–H and O–H groups in total. The summed E-state index contributed by atoms with van der Waals surface area (Å²) in [6.45, 7) is 2.47. The second kappa shape index (κ2) is 12.3. The van der Waals surface area contributed by atoms with Crippen molar-refractivity contribution >= 4 is 22.9 Å². The van der Waals surface area contributed by atoms with Crippen molar-refractivity contribution in [1.29, 1.82) is 0 Å². The first-order valence-corrected chi connectivity index (χ1v) is 13.8. The monoisotopic (exact) mass is 514 g/mol. The summed E-state index contributed by atoms with van der Waals surface area (Å²) in [6, 6.07) is 7.41. The summed E-state index contributed by atoms with van der Waals surface area (Å²) in [5.41, 5.74) is 2.08.